The highest BCUT2D eigenvalue weighted by Gasteiger charge is 2.16. The van der Waals surface area contributed by atoms with Gasteiger partial charge in [0.05, 0.1) is 17.6 Å². The Labute approximate surface area is 133 Å². The summed E-state index contributed by atoms with van der Waals surface area (Å²) >= 11 is 5.86. The van der Waals surface area contributed by atoms with Crippen LogP contribution in [-0.4, -0.2) is 45.6 Å². The first-order valence-corrected chi connectivity index (χ1v) is 7.83. The lowest BCUT2D eigenvalue weighted by atomic mass is 10.1. The lowest BCUT2D eigenvalue weighted by Gasteiger charge is -2.29. The van der Waals surface area contributed by atoms with Crippen LogP contribution in [0.25, 0.3) is 5.69 Å². The zero-order chi connectivity index (χ0) is 15.5. The highest BCUT2D eigenvalue weighted by molar-refractivity contribution is 6.30. The van der Waals surface area contributed by atoms with Gasteiger partial charge in [-0.25, -0.2) is 9.07 Å². The van der Waals surface area contributed by atoms with Crippen molar-refractivity contribution in [3.8, 4) is 5.69 Å². The minimum absolute atomic E-state index is 0.342. The summed E-state index contributed by atoms with van der Waals surface area (Å²) in [6, 6.07) is 4.66. The largest absolute Gasteiger partial charge is 0.328 e. The number of nitrogens with zero attached hydrogens (tertiary/aromatic N) is 4. The molecule has 5 nitrogen and oxygen atoms in total. The maximum Gasteiger partial charge on any atom is 0.126 e. The molecule has 7 heteroatoms. The summed E-state index contributed by atoms with van der Waals surface area (Å²) in [6.07, 6.45) is 4.74. The van der Waals surface area contributed by atoms with Gasteiger partial charge in [-0.2, -0.15) is 0 Å². The molecule has 2 N–H and O–H groups in total. The Kier molecular flexibility index (Phi) is 4.71. The van der Waals surface area contributed by atoms with E-state index in [9.17, 15) is 4.39 Å². The minimum Gasteiger partial charge on any atom is -0.328 e. The third kappa shape index (κ3) is 3.82. The molecular weight excluding hydrogens is 305 g/mol. The van der Waals surface area contributed by atoms with Crippen LogP contribution in [0.4, 0.5) is 4.39 Å². The fourth-order valence-corrected chi connectivity index (χ4v) is 2.88. The summed E-state index contributed by atoms with van der Waals surface area (Å²) in [5.74, 6) is -0.385. The van der Waals surface area contributed by atoms with Crippen LogP contribution in [0.2, 0.25) is 5.02 Å². The molecule has 0 unspecified atom stereocenters. The number of likely N-dealkylation sites (tertiary alicyclic amines) is 1. The maximum absolute atomic E-state index is 13.4. The summed E-state index contributed by atoms with van der Waals surface area (Å²) in [5.41, 5.74) is 7.36. The Hall–Kier alpha value is -1.50. The van der Waals surface area contributed by atoms with Crippen molar-refractivity contribution < 1.29 is 4.39 Å². The van der Waals surface area contributed by atoms with Crippen LogP contribution in [0.5, 0.6) is 0 Å². The quantitative estimate of drug-likeness (QED) is 0.935. The van der Waals surface area contributed by atoms with Crippen LogP contribution < -0.4 is 5.73 Å². The summed E-state index contributed by atoms with van der Waals surface area (Å²) in [5, 5.41) is 8.54. The summed E-state index contributed by atoms with van der Waals surface area (Å²) in [6.45, 7) is 3.01. The number of nitrogens with two attached hydrogens (primary N) is 1. The maximum atomic E-state index is 13.4. The van der Waals surface area contributed by atoms with Gasteiger partial charge in [0.2, 0.25) is 0 Å². The Morgan fingerprint density at radius 3 is 2.77 bits per heavy atom. The van der Waals surface area contributed by atoms with Gasteiger partial charge in [0.15, 0.2) is 0 Å². The van der Waals surface area contributed by atoms with Gasteiger partial charge >= 0.3 is 0 Å². The molecule has 1 aliphatic rings. The van der Waals surface area contributed by atoms with Gasteiger partial charge in [0, 0.05) is 24.0 Å². The molecule has 0 atom stereocenters. The molecule has 1 aromatic carbocycles. The molecule has 0 amide bonds. The van der Waals surface area contributed by atoms with Crippen molar-refractivity contribution in [3.63, 3.8) is 0 Å². The molecule has 1 aromatic heterocycles. The highest BCUT2D eigenvalue weighted by atomic mass is 35.5. The van der Waals surface area contributed by atoms with Crippen molar-refractivity contribution >= 4 is 11.6 Å². The average Bonchev–Trinajstić information content (AvgIpc) is 2.95. The van der Waals surface area contributed by atoms with Crippen molar-refractivity contribution in [3.05, 3.63) is 40.9 Å². The second-order valence-electron chi connectivity index (χ2n) is 5.71. The molecule has 1 fully saturated rings. The monoisotopic (exact) mass is 323 g/mol. The molecule has 22 heavy (non-hydrogen) atoms. The third-order valence-corrected chi connectivity index (χ3v) is 4.19. The molecule has 0 saturated carbocycles. The lowest BCUT2D eigenvalue weighted by Crippen LogP contribution is -2.40. The minimum atomic E-state index is -0.385. The molecule has 1 aliphatic heterocycles. The van der Waals surface area contributed by atoms with Crippen molar-refractivity contribution in [2.75, 3.05) is 19.6 Å². The van der Waals surface area contributed by atoms with Crippen LogP contribution in [0.1, 0.15) is 18.5 Å². The molecule has 1 saturated heterocycles. The molecule has 0 bridgehead atoms. The number of benzene rings is 1. The molecule has 2 aromatic rings. The zero-order valence-electron chi connectivity index (χ0n) is 12.3. The molecular formula is C15H19ClFN5. The predicted octanol–water partition coefficient (Wildman–Crippen LogP) is 2.03. The first kappa shape index (κ1) is 15.4. The molecule has 0 radical (unpaired) electrons. The first-order chi connectivity index (χ1) is 10.6. The van der Waals surface area contributed by atoms with Gasteiger partial charge in [0.1, 0.15) is 5.82 Å². The second-order valence-corrected chi connectivity index (χ2v) is 6.15. The van der Waals surface area contributed by atoms with Crippen LogP contribution >= 0.6 is 11.6 Å². The predicted molar refractivity (Wildman–Crippen MR) is 83.7 cm³/mol. The number of hydrogen-bond acceptors (Lipinski definition) is 4. The number of hydrogen-bond donors (Lipinski definition) is 1. The van der Waals surface area contributed by atoms with E-state index >= 15 is 0 Å². The van der Waals surface area contributed by atoms with Crippen LogP contribution in [0.15, 0.2) is 24.4 Å². The SMILES string of the molecule is NC1CCN(CCc2cn(-c3cc(F)cc(Cl)c3)nn2)CC1. The topological polar surface area (TPSA) is 60.0 Å². The van der Waals surface area contributed by atoms with E-state index in [0.717, 1.165) is 44.6 Å². The average molecular weight is 324 g/mol. The fraction of sp³-hybridized carbons (Fsp3) is 0.467. The number of halogens is 2. The number of piperidine rings is 1. The standard InChI is InChI=1S/C15H19ClFN5/c16-11-7-12(17)9-15(8-11)22-10-14(19-20-22)3-6-21-4-1-13(18)2-5-21/h7-10,13H,1-6,18H2. The van der Waals surface area contributed by atoms with Crippen LogP contribution in [-0.2, 0) is 6.42 Å². The van der Waals surface area contributed by atoms with E-state index in [-0.39, 0.29) is 5.82 Å². The normalized spacial score (nSPS) is 17.0. The molecule has 3 rings (SSSR count). The molecule has 0 aliphatic carbocycles. The van der Waals surface area contributed by atoms with Crippen molar-refractivity contribution in [1.29, 1.82) is 0 Å². The highest BCUT2D eigenvalue weighted by Crippen LogP contribution is 2.17. The Bertz CT molecular complexity index is 616. The smallest absolute Gasteiger partial charge is 0.126 e. The van der Waals surface area contributed by atoms with Crippen molar-refractivity contribution in [2.24, 2.45) is 5.73 Å². The number of rotatable bonds is 4. The molecule has 2 heterocycles. The van der Waals surface area contributed by atoms with Gasteiger partial charge in [-0.3, -0.25) is 0 Å². The fourth-order valence-electron chi connectivity index (χ4n) is 2.66. The van der Waals surface area contributed by atoms with Crippen LogP contribution in [0.3, 0.4) is 0 Å². The van der Waals surface area contributed by atoms with Gasteiger partial charge < -0.3 is 10.6 Å². The number of aromatic nitrogens is 3. The summed E-state index contributed by atoms with van der Waals surface area (Å²) in [7, 11) is 0. The van der Waals surface area contributed by atoms with E-state index in [2.05, 4.69) is 15.2 Å². The lowest BCUT2D eigenvalue weighted by molar-refractivity contribution is 0.215. The molecule has 0 spiro atoms. The first-order valence-electron chi connectivity index (χ1n) is 7.46. The van der Waals surface area contributed by atoms with Gasteiger partial charge in [-0.1, -0.05) is 16.8 Å². The summed E-state index contributed by atoms with van der Waals surface area (Å²) in [4.78, 5) is 2.39. The van der Waals surface area contributed by atoms with Crippen molar-refractivity contribution in [2.45, 2.75) is 25.3 Å². The Morgan fingerprint density at radius 2 is 2.05 bits per heavy atom. The molecule has 118 valence electrons. The van der Waals surface area contributed by atoms with E-state index in [1.54, 1.807) is 10.7 Å². The van der Waals surface area contributed by atoms with E-state index in [1.165, 1.54) is 12.1 Å². The summed E-state index contributed by atoms with van der Waals surface area (Å²) < 4.78 is 14.9. The van der Waals surface area contributed by atoms with Gasteiger partial charge in [0.25, 0.3) is 0 Å². The second kappa shape index (κ2) is 6.73. The van der Waals surface area contributed by atoms with Gasteiger partial charge in [-0.05, 0) is 44.1 Å². The third-order valence-electron chi connectivity index (χ3n) is 3.97. The Balaban J connectivity index is 1.61. The van der Waals surface area contributed by atoms with E-state index in [1.807, 2.05) is 6.20 Å². The zero-order valence-corrected chi connectivity index (χ0v) is 13.0. The van der Waals surface area contributed by atoms with E-state index in [0.29, 0.717) is 16.8 Å². The van der Waals surface area contributed by atoms with Gasteiger partial charge in [-0.15, -0.1) is 5.10 Å². The van der Waals surface area contributed by atoms with Crippen molar-refractivity contribution in [1.82, 2.24) is 19.9 Å². The van der Waals surface area contributed by atoms with Crippen LogP contribution in [0, 0.1) is 5.82 Å². The Morgan fingerprint density at radius 1 is 1.27 bits per heavy atom. The van der Waals surface area contributed by atoms with E-state index < -0.39 is 0 Å². The van der Waals surface area contributed by atoms with E-state index in [4.69, 9.17) is 17.3 Å².